The third kappa shape index (κ3) is 4.33. The zero-order chi connectivity index (χ0) is 16.2. The monoisotopic (exact) mass is 336 g/mol. The van der Waals surface area contributed by atoms with Crippen LogP contribution in [0.4, 0.5) is 10.7 Å². The Morgan fingerprint density at radius 1 is 1.24 bits per heavy atom. The van der Waals surface area contributed by atoms with Gasteiger partial charge in [0.05, 0.1) is 25.7 Å². The van der Waals surface area contributed by atoms with Crippen LogP contribution in [0, 0.1) is 0 Å². The van der Waals surface area contributed by atoms with E-state index in [-0.39, 0.29) is 33.4 Å². The molecule has 3 N–H and O–H groups in total. The normalized spacial score (nSPS) is 11.0. The van der Waals surface area contributed by atoms with Gasteiger partial charge in [-0.3, -0.25) is 0 Å². The molecule has 21 heavy (non-hydrogen) atoms. The number of nitrogen functional groups attached to an aromatic ring is 1. The molecule has 0 aliphatic heterocycles. The Hall–Kier alpha value is -1.81. The number of nitrogens with two attached hydrogens (primary N) is 1. The number of carbonyl (C=O) groups excluding carboxylic acids is 2. The van der Waals surface area contributed by atoms with E-state index in [2.05, 4.69) is 14.8 Å². The molecule has 0 atom stereocenters. The molecule has 0 saturated heterocycles. The molecule has 0 aliphatic rings. The molecular formula is C11H16N2O6S2. The molecule has 8 nitrogen and oxygen atoms in total. The number of nitrogens with one attached hydrogen (secondary N) is 1. The highest BCUT2D eigenvalue weighted by atomic mass is 32.2. The van der Waals surface area contributed by atoms with Gasteiger partial charge in [-0.05, 0) is 0 Å². The van der Waals surface area contributed by atoms with Crippen LogP contribution in [0.15, 0.2) is 0 Å². The van der Waals surface area contributed by atoms with Crippen LogP contribution in [0.25, 0.3) is 0 Å². The molecule has 0 unspecified atom stereocenters. The van der Waals surface area contributed by atoms with E-state index >= 15 is 0 Å². The maximum atomic E-state index is 11.7. The van der Waals surface area contributed by atoms with Crippen LogP contribution in [0.1, 0.15) is 20.0 Å². The average molecular weight is 336 g/mol. The van der Waals surface area contributed by atoms with Gasteiger partial charge in [0.15, 0.2) is 0 Å². The highest BCUT2D eigenvalue weighted by Gasteiger charge is 2.26. The van der Waals surface area contributed by atoms with Crippen molar-refractivity contribution in [3.05, 3.63) is 10.4 Å². The minimum atomic E-state index is -3.15. The molecule has 0 aliphatic carbocycles. The summed E-state index contributed by atoms with van der Waals surface area (Å²) in [4.78, 5) is 23.4. The van der Waals surface area contributed by atoms with Gasteiger partial charge in [-0.25, -0.2) is 18.0 Å². The molecule has 1 aromatic heterocycles. The van der Waals surface area contributed by atoms with E-state index in [0.717, 1.165) is 17.6 Å². The Morgan fingerprint density at radius 2 is 1.81 bits per heavy atom. The SMILES string of the molecule is COC(=O)c1sc(NCCS(C)(=O)=O)c(C(=O)OC)c1N. The van der Waals surface area contributed by atoms with Crippen LogP contribution in [0.3, 0.4) is 0 Å². The Morgan fingerprint density at radius 3 is 2.29 bits per heavy atom. The molecule has 0 saturated carbocycles. The average Bonchev–Trinajstić information content (AvgIpc) is 2.72. The second kappa shape index (κ2) is 6.76. The number of methoxy groups -OCH3 is 2. The van der Waals surface area contributed by atoms with Crippen molar-refractivity contribution >= 4 is 43.8 Å². The number of carbonyl (C=O) groups is 2. The minimum absolute atomic E-state index is 0.00333. The fraction of sp³-hybridized carbons (Fsp3) is 0.455. The van der Waals surface area contributed by atoms with E-state index in [4.69, 9.17) is 5.73 Å². The summed E-state index contributed by atoms with van der Waals surface area (Å²) < 4.78 is 31.4. The lowest BCUT2D eigenvalue weighted by molar-refractivity contribution is 0.0602. The quantitative estimate of drug-likeness (QED) is 0.713. The Bertz CT molecular complexity index is 650. The summed E-state index contributed by atoms with van der Waals surface area (Å²) >= 11 is 0.907. The Balaban J connectivity index is 3.11. The highest BCUT2D eigenvalue weighted by Crippen LogP contribution is 2.36. The Labute approximate surface area is 126 Å². The second-order valence-corrected chi connectivity index (χ2v) is 7.37. The fourth-order valence-electron chi connectivity index (χ4n) is 1.47. The molecule has 0 amide bonds. The number of hydrogen-bond acceptors (Lipinski definition) is 9. The van der Waals surface area contributed by atoms with Crippen molar-refractivity contribution in [2.75, 3.05) is 43.8 Å². The maximum Gasteiger partial charge on any atom is 0.350 e. The standard InChI is InChI=1S/C11H16N2O6S2/c1-18-10(14)6-7(12)8(11(15)19-2)20-9(6)13-4-5-21(3,16)17/h13H,4-5,12H2,1-3H3. The Kier molecular flexibility index (Phi) is 5.55. The molecule has 1 aromatic rings. The van der Waals surface area contributed by atoms with Gasteiger partial charge >= 0.3 is 11.9 Å². The van der Waals surface area contributed by atoms with Crippen molar-refractivity contribution in [1.29, 1.82) is 0 Å². The van der Waals surface area contributed by atoms with Crippen LogP contribution in [-0.4, -0.2) is 53.1 Å². The lowest BCUT2D eigenvalue weighted by Gasteiger charge is -2.05. The molecule has 0 spiro atoms. The zero-order valence-corrected chi connectivity index (χ0v) is 13.4. The largest absolute Gasteiger partial charge is 0.465 e. The smallest absolute Gasteiger partial charge is 0.350 e. The summed E-state index contributed by atoms with van der Waals surface area (Å²) in [6.45, 7) is 0.0728. The van der Waals surface area contributed by atoms with Gasteiger partial charge < -0.3 is 20.5 Å². The zero-order valence-electron chi connectivity index (χ0n) is 11.8. The third-order valence-electron chi connectivity index (χ3n) is 2.46. The molecule has 10 heteroatoms. The van der Waals surface area contributed by atoms with Crippen molar-refractivity contribution < 1.29 is 27.5 Å². The first-order valence-electron chi connectivity index (χ1n) is 5.71. The molecule has 0 radical (unpaired) electrons. The van der Waals surface area contributed by atoms with Gasteiger partial charge in [-0.15, -0.1) is 11.3 Å². The number of esters is 2. The van der Waals surface area contributed by atoms with Crippen molar-refractivity contribution in [3.63, 3.8) is 0 Å². The van der Waals surface area contributed by atoms with Crippen LogP contribution < -0.4 is 11.1 Å². The molecule has 1 heterocycles. The van der Waals surface area contributed by atoms with Crippen LogP contribution in [0.2, 0.25) is 0 Å². The van der Waals surface area contributed by atoms with Crippen molar-refractivity contribution in [2.24, 2.45) is 0 Å². The van der Waals surface area contributed by atoms with Gasteiger partial charge in [0, 0.05) is 12.8 Å². The third-order valence-corrected chi connectivity index (χ3v) is 4.55. The minimum Gasteiger partial charge on any atom is -0.465 e. The van der Waals surface area contributed by atoms with Crippen molar-refractivity contribution in [2.45, 2.75) is 0 Å². The van der Waals surface area contributed by atoms with Crippen molar-refractivity contribution in [1.82, 2.24) is 0 Å². The van der Waals surface area contributed by atoms with Gasteiger partial charge in [0.25, 0.3) is 0 Å². The summed E-state index contributed by atoms with van der Waals surface area (Å²) in [6, 6.07) is 0. The first kappa shape index (κ1) is 17.2. The second-order valence-electron chi connectivity index (χ2n) is 4.09. The predicted molar refractivity (Wildman–Crippen MR) is 79.6 cm³/mol. The molecular weight excluding hydrogens is 320 g/mol. The van der Waals surface area contributed by atoms with E-state index in [9.17, 15) is 18.0 Å². The molecule has 0 fully saturated rings. The molecule has 0 aromatic carbocycles. The van der Waals surface area contributed by atoms with E-state index in [1.807, 2.05) is 0 Å². The lowest BCUT2D eigenvalue weighted by atomic mass is 10.2. The predicted octanol–water partition coefficient (Wildman–Crippen LogP) is 0.360. The summed E-state index contributed by atoms with van der Waals surface area (Å²) in [6.07, 6.45) is 1.10. The van der Waals surface area contributed by atoms with Gasteiger partial charge in [-0.1, -0.05) is 0 Å². The summed E-state index contributed by atoms with van der Waals surface area (Å²) in [7, 11) is -0.786. The summed E-state index contributed by atoms with van der Waals surface area (Å²) in [5.41, 5.74) is 5.71. The van der Waals surface area contributed by atoms with Crippen LogP contribution >= 0.6 is 11.3 Å². The molecule has 1 rings (SSSR count). The number of ether oxygens (including phenoxy) is 2. The summed E-state index contributed by atoms with van der Waals surface area (Å²) in [5, 5.41) is 3.04. The molecule has 0 bridgehead atoms. The summed E-state index contributed by atoms with van der Waals surface area (Å²) in [5.74, 6) is -1.53. The first-order valence-corrected chi connectivity index (χ1v) is 8.59. The fourth-order valence-corrected chi connectivity index (χ4v) is 2.99. The van der Waals surface area contributed by atoms with Crippen LogP contribution in [-0.2, 0) is 19.3 Å². The van der Waals surface area contributed by atoms with E-state index in [1.165, 1.54) is 14.2 Å². The first-order chi connectivity index (χ1) is 9.71. The highest BCUT2D eigenvalue weighted by molar-refractivity contribution is 7.90. The number of anilines is 2. The number of thiophene rings is 1. The maximum absolute atomic E-state index is 11.7. The van der Waals surface area contributed by atoms with E-state index < -0.39 is 21.8 Å². The van der Waals surface area contributed by atoms with E-state index in [1.54, 1.807) is 0 Å². The van der Waals surface area contributed by atoms with Crippen molar-refractivity contribution in [3.8, 4) is 0 Å². The molecule has 118 valence electrons. The topological polar surface area (TPSA) is 125 Å². The number of rotatable bonds is 6. The lowest BCUT2D eigenvalue weighted by Crippen LogP contribution is -2.15. The number of sulfone groups is 1. The van der Waals surface area contributed by atoms with Gasteiger partial charge in [0.2, 0.25) is 0 Å². The van der Waals surface area contributed by atoms with Crippen LogP contribution in [0.5, 0.6) is 0 Å². The van der Waals surface area contributed by atoms with E-state index in [0.29, 0.717) is 0 Å². The number of hydrogen-bond donors (Lipinski definition) is 2. The van der Waals surface area contributed by atoms with Gasteiger partial charge in [0.1, 0.15) is 25.3 Å². The van der Waals surface area contributed by atoms with Gasteiger partial charge in [-0.2, -0.15) is 0 Å².